The van der Waals surface area contributed by atoms with Crippen molar-refractivity contribution < 1.29 is 9.53 Å². The second-order valence-corrected chi connectivity index (χ2v) is 4.32. The van der Waals surface area contributed by atoms with E-state index in [-0.39, 0.29) is 12.5 Å². The predicted octanol–water partition coefficient (Wildman–Crippen LogP) is 2.94. The number of benzene rings is 2. The average Bonchev–Trinajstić information content (AvgIpc) is 2.38. The van der Waals surface area contributed by atoms with Crippen LogP contribution in [-0.2, 0) is 4.79 Å². The Morgan fingerprint density at radius 2 is 2.00 bits per heavy atom. The van der Waals surface area contributed by atoms with Gasteiger partial charge in [0.25, 0.3) is 5.91 Å². The second-order valence-electron chi connectivity index (χ2n) is 3.89. The van der Waals surface area contributed by atoms with Gasteiger partial charge in [0.1, 0.15) is 5.75 Å². The molecular weight excluding hydrogens is 264 g/mol. The summed E-state index contributed by atoms with van der Waals surface area (Å²) in [4.78, 5) is 11.7. The minimum Gasteiger partial charge on any atom is -0.482 e. The number of amides is 1. The van der Waals surface area contributed by atoms with Gasteiger partial charge in [-0.25, -0.2) is 0 Å². The number of nitrogen functional groups attached to an aromatic ring is 1. The molecule has 0 unspecified atom stereocenters. The SMILES string of the molecule is Nc1ccccc1OCC(=O)Nc1cccc(Cl)c1. The van der Waals surface area contributed by atoms with Crippen LogP contribution in [0.15, 0.2) is 48.5 Å². The third kappa shape index (κ3) is 3.89. The van der Waals surface area contributed by atoms with E-state index in [9.17, 15) is 4.79 Å². The van der Waals surface area contributed by atoms with Crippen LogP contribution in [0.3, 0.4) is 0 Å². The van der Waals surface area contributed by atoms with Gasteiger partial charge in [-0.15, -0.1) is 0 Å². The van der Waals surface area contributed by atoms with Gasteiger partial charge in [-0.3, -0.25) is 4.79 Å². The summed E-state index contributed by atoms with van der Waals surface area (Å²) in [7, 11) is 0. The molecule has 4 nitrogen and oxygen atoms in total. The molecule has 2 aromatic carbocycles. The number of para-hydroxylation sites is 2. The summed E-state index contributed by atoms with van der Waals surface area (Å²) in [5.41, 5.74) is 6.83. The van der Waals surface area contributed by atoms with E-state index in [0.717, 1.165) is 0 Å². The van der Waals surface area contributed by atoms with Gasteiger partial charge in [-0.1, -0.05) is 29.8 Å². The van der Waals surface area contributed by atoms with Gasteiger partial charge in [-0.05, 0) is 30.3 Å². The Morgan fingerprint density at radius 1 is 1.21 bits per heavy atom. The first kappa shape index (κ1) is 13.2. The van der Waals surface area contributed by atoms with Crippen molar-refractivity contribution in [2.75, 3.05) is 17.7 Å². The zero-order valence-corrected chi connectivity index (χ0v) is 10.9. The molecule has 0 saturated carbocycles. The van der Waals surface area contributed by atoms with E-state index in [1.807, 2.05) is 0 Å². The maximum absolute atomic E-state index is 11.7. The van der Waals surface area contributed by atoms with Crippen LogP contribution in [0.4, 0.5) is 11.4 Å². The number of rotatable bonds is 4. The molecule has 0 saturated heterocycles. The second kappa shape index (κ2) is 6.11. The third-order valence-corrected chi connectivity index (χ3v) is 2.62. The molecule has 3 N–H and O–H groups in total. The Hall–Kier alpha value is -2.20. The molecule has 1 amide bonds. The molecule has 0 aliphatic rings. The van der Waals surface area contributed by atoms with Gasteiger partial charge in [0, 0.05) is 10.7 Å². The molecule has 0 radical (unpaired) electrons. The number of halogens is 1. The fourth-order valence-electron chi connectivity index (χ4n) is 1.52. The lowest BCUT2D eigenvalue weighted by Gasteiger charge is -2.09. The number of hydrogen-bond acceptors (Lipinski definition) is 3. The van der Waals surface area contributed by atoms with Crippen LogP contribution in [0.1, 0.15) is 0 Å². The largest absolute Gasteiger partial charge is 0.482 e. The van der Waals surface area contributed by atoms with Gasteiger partial charge in [0.2, 0.25) is 0 Å². The summed E-state index contributed by atoms with van der Waals surface area (Å²) in [6.07, 6.45) is 0. The summed E-state index contributed by atoms with van der Waals surface area (Å²) in [5.74, 6) is 0.217. The minimum atomic E-state index is -0.273. The monoisotopic (exact) mass is 276 g/mol. The molecule has 0 fully saturated rings. The number of hydrogen-bond donors (Lipinski definition) is 2. The molecular formula is C14H13ClN2O2. The summed E-state index contributed by atoms with van der Waals surface area (Å²) < 4.78 is 5.33. The molecule has 5 heteroatoms. The van der Waals surface area contributed by atoms with Crippen LogP contribution in [-0.4, -0.2) is 12.5 Å². The summed E-state index contributed by atoms with van der Waals surface area (Å²) in [6.45, 7) is -0.110. The van der Waals surface area contributed by atoms with E-state index in [1.165, 1.54) is 0 Å². The van der Waals surface area contributed by atoms with Crippen molar-refractivity contribution in [3.8, 4) is 5.75 Å². The highest BCUT2D eigenvalue weighted by Gasteiger charge is 2.05. The van der Waals surface area contributed by atoms with Crippen molar-refractivity contribution in [2.24, 2.45) is 0 Å². The highest BCUT2D eigenvalue weighted by atomic mass is 35.5. The number of ether oxygens (including phenoxy) is 1. The van der Waals surface area contributed by atoms with Crippen LogP contribution in [0, 0.1) is 0 Å². The van der Waals surface area contributed by atoms with E-state index in [4.69, 9.17) is 22.1 Å². The molecule has 0 aliphatic carbocycles. The van der Waals surface area contributed by atoms with Gasteiger partial charge in [-0.2, -0.15) is 0 Å². The number of anilines is 2. The van der Waals surface area contributed by atoms with Crippen LogP contribution in [0.5, 0.6) is 5.75 Å². The normalized spacial score (nSPS) is 9.95. The molecule has 0 spiro atoms. The van der Waals surface area contributed by atoms with E-state index < -0.39 is 0 Å². The average molecular weight is 277 g/mol. The number of carbonyl (C=O) groups is 1. The Kier molecular flexibility index (Phi) is 4.26. The van der Waals surface area contributed by atoms with Crippen molar-refractivity contribution in [2.45, 2.75) is 0 Å². The first-order chi connectivity index (χ1) is 9.15. The molecule has 2 rings (SSSR count). The van der Waals surface area contributed by atoms with Gasteiger partial charge < -0.3 is 15.8 Å². The number of nitrogens with one attached hydrogen (secondary N) is 1. The molecule has 98 valence electrons. The first-order valence-electron chi connectivity index (χ1n) is 5.68. The van der Waals surface area contributed by atoms with Crippen LogP contribution >= 0.6 is 11.6 Å². The molecule has 0 aliphatic heterocycles. The molecule has 2 aromatic rings. The first-order valence-corrected chi connectivity index (χ1v) is 6.05. The van der Waals surface area contributed by atoms with Gasteiger partial charge in [0.15, 0.2) is 6.61 Å². The van der Waals surface area contributed by atoms with Crippen molar-refractivity contribution in [1.29, 1.82) is 0 Å². The Labute approximate surface area is 116 Å². The smallest absolute Gasteiger partial charge is 0.262 e. The Bertz CT molecular complexity index is 587. The van der Waals surface area contributed by atoms with E-state index >= 15 is 0 Å². The van der Waals surface area contributed by atoms with Crippen LogP contribution < -0.4 is 15.8 Å². The fourth-order valence-corrected chi connectivity index (χ4v) is 1.71. The summed E-state index contributed by atoms with van der Waals surface area (Å²) in [6, 6.07) is 13.9. The quantitative estimate of drug-likeness (QED) is 0.844. The zero-order valence-electron chi connectivity index (χ0n) is 10.1. The van der Waals surface area contributed by atoms with Crippen molar-refractivity contribution in [1.82, 2.24) is 0 Å². The molecule has 0 aromatic heterocycles. The fraction of sp³-hybridized carbons (Fsp3) is 0.0714. The highest BCUT2D eigenvalue weighted by molar-refractivity contribution is 6.30. The topological polar surface area (TPSA) is 64.3 Å². The molecule has 0 atom stereocenters. The molecule has 19 heavy (non-hydrogen) atoms. The highest BCUT2D eigenvalue weighted by Crippen LogP contribution is 2.19. The molecule has 0 heterocycles. The van der Waals surface area contributed by atoms with Crippen molar-refractivity contribution in [3.05, 3.63) is 53.6 Å². The molecule has 0 bridgehead atoms. The Balaban J connectivity index is 1.90. The lowest BCUT2D eigenvalue weighted by atomic mass is 10.3. The van der Waals surface area contributed by atoms with Gasteiger partial charge in [0.05, 0.1) is 5.69 Å². The number of carbonyl (C=O) groups excluding carboxylic acids is 1. The standard InChI is InChI=1S/C14H13ClN2O2/c15-10-4-3-5-11(8-10)17-14(18)9-19-13-7-2-1-6-12(13)16/h1-8H,9,16H2,(H,17,18). The van der Waals surface area contributed by atoms with Crippen LogP contribution in [0.25, 0.3) is 0 Å². The van der Waals surface area contributed by atoms with Crippen molar-refractivity contribution >= 4 is 28.9 Å². The minimum absolute atomic E-state index is 0.110. The third-order valence-electron chi connectivity index (χ3n) is 2.39. The summed E-state index contributed by atoms with van der Waals surface area (Å²) in [5, 5.41) is 3.24. The predicted molar refractivity (Wildman–Crippen MR) is 76.4 cm³/mol. The van der Waals surface area contributed by atoms with E-state index in [2.05, 4.69) is 5.32 Å². The lowest BCUT2D eigenvalue weighted by molar-refractivity contribution is -0.118. The van der Waals surface area contributed by atoms with Crippen molar-refractivity contribution in [3.63, 3.8) is 0 Å². The summed E-state index contributed by atoms with van der Waals surface area (Å²) >= 11 is 5.82. The Morgan fingerprint density at radius 3 is 2.74 bits per heavy atom. The maximum Gasteiger partial charge on any atom is 0.262 e. The number of nitrogens with two attached hydrogens (primary N) is 1. The van der Waals surface area contributed by atoms with Crippen LogP contribution in [0.2, 0.25) is 5.02 Å². The van der Waals surface area contributed by atoms with Gasteiger partial charge >= 0.3 is 0 Å². The van der Waals surface area contributed by atoms with E-state index in [1.54, 1.807) is 48.5 Å². The lowest BCUT2D eigenvalue weighted by Crippen LogP contribution is -2.20. The maximum atomic E-state index is 11.7. The zero-order chi connectivity index (χ0) is 13.7. The van der Waals surface area contributed by atoms with E-state index in [0.29, 0.717) is 22.1 Å².